The van der Waals surface area contributed by atoms with E-state index in [1.54, 1.807) is 0 Å². The Hall–Kier alpha value is -1.04. The van der Waals surface area contributed by atoms with Gasteiger partial charge in [-0.05, 0) is 30.4 Å². The van der Waals surface area contributed by atoms with Crippen LogP contribution in [0.25, 0.3) is 6.08 Å². The summed E-state index contributed by atoms with van der Waals surface area (Å²) in [4.78, 5) is 0. The normalized spacial score (nSPS) is 18.1. The standard InChI is InChI=1S/C16H22/c1-14-8-5-6-12-16(14)13-7-11-15-9-3-2-4-10-15/h5-8,12-13,15H,2-4,9-11H2,1H3. The van der Waals surface area contributed by atoms with Crippen LogP contribution in [0.2, 0.25) is 0 Å². The van der Waals surface area contributed by atoms with E-state index in [1.165, 1.54) is 49.7 Å². The van der Waals surface area contributed by atoms with Gasteiger partial charge < -0.3 is 0 Å². The molecule has 1 saturated carbocycles. The van der Waals surface area contributed by atoms with Crippen LogP contribution in [0.5, 0.6) is 0 Å². The highest BCUT2D eigenvalue weighted by molar-refractivity contribution is 5.53. The van der Waals surface area contributed by atoms with Gasteiger partial charge in [-0.2, -0.15) is 0 Å². The van der Waals surface area contributed by atoms with Crippen LogP contribution in [0.15, 0.2) is 30.3 Å². The molecule has 0 heteroatoms. The molecular weight excluding hydrogens is 192 g/mol. The fourth-order valence-electron chi connectivity index (χ4n) is 2.58. The quantitative estimate of drug-likeness (QED) is 0.665. The molecule has 1 fully saturated rings. The van der Waals surface area contributed by atoms with Gasteiger partial charge in [-0.3, -0.25) is 0 Å². The van der Waals surface area contributed by atoms with Gasteiger partial charge >= 0.3 is 0 Å². The molecule has 0 saturated heterocycles. The van der Waals surface area contributed by atoms with Crippen molar-refractivity contribution in [3.63, 3.8) is 0 Å². The smallest absolute Gasteiger partial charge is 0.0231 e. The summed E-state index contributed by atoms with van der Waals surface area (Å²) < 4.78 is 0. The Morgan fingerprint density at radius 3 is 2.62 bits per heavy atom. The molecule has 0 bridgehead atoms. The lowest BCUT2D eigenvalue weighted by Crippen LogP contribution is -2.04. The Bertz CT molecular complexity index is 343. The maximum absolute atomic E-state index is 2.37. The molecule has 0 heterocycles. The van der Waals surface area contributed by atoms with Gasteiger partial charge in [0, 0.05) is 0 Å². The van der Waals surface area contributed by atoms with Crippen molar-refractivity contribution in [1.82, 2.24) is 0 Å². The van der Waals surface area contributed by atoms with Crippen molar-refractivity contribution in [2.24, 2.45) is 5.92 Å². The van der Waals surface area contributed by atoms with E-state index in [4.69, 9.17) is 0 Å². The molecular formula is C16H22. The van der Waals surface area contributed by atoms with Gasteiger partial charge in [0.15, 0.2) is 0 Å². The Balaban J connectivity index is 1.87. The lowest BCUT2D eigenvalue weighted by molar-refractivity contribution is 0.362. The van der Waals surface area contributed by atoms with E-state index in [2.05, 4.69) is 43.3 Å². The molecule has 1 aromatic carbocycles. The first kappa shape index (κ1) is 11.4. The molecule has 86 valence electrons. The Morgan fingerprint density at radius 2 is 1.88 bits per heavy atom. The molecule has 0 aliphatic heterocycles. The van der Waals surface area contributed by atoms with E-state index in [9.17, 15) is 0 Å². The molecule has 0 unspecified atom stereocenters. The van der Waals surface area contributed by atoms with E-state index in [0.29, 0.717) is 0 Å². The minimum atomic E-state index is 0.953. The van der Waals surface area contributed by atoms with E-state index >= 15 is 0 Å². The third-order valence-electron chi connectivity index (χ3n) is 3.68. The molecule has 0 radical (unpaired) electrons. The van der Waals surface area contributed by atoms with Crippen LogP contribution < -0.4 is 0 Å². The Morgan fingerprint density at radius 1 is 1.12 bits per heavy atom. The van der Waals surface area contributed by atoms with Crippen molar-refractivity contribution in [1.29, 1.82) is 0 Å². The third kappa shape index (κ3) is 3.23. The molecule has 1 aliphatic carbocycles. The molecule has 0 amide bonds. The van der Waals surface area contributed by atoms with Gasteiger partial charge in [0.25, 0.3) is 0 Å². The number of rotatable bonds is 3. The summed E-state index contributed by atoms with van der Waals surface area (Å²) in [7, 11) is 0. The van der Waals surface area contributed by atoms with Gasteiger partial charge in [0.05, 0.1) is 0 Å². The highest BCUT2D eigenvalue weighted by Crippen LogP contribution is 2.26. The predicted octanol–water partition coefficient (Wildman–Crippen LogP) is 4.98. The average molecular weight is 214 g/mol. The highest BCUT2D eigenvalue weighted by Gasteiger charge is 2.11. The third-order valence-corrected chi connectivity index (χ3v) is 3.68. The average Bonchev–Trinajstić information content (AvgIpc) is 2.33. The summed E-state index contributed by atoms with van der Waals surface area (Å²) in [5, 5.41) is 0. The van der Waals surface area contributed by atoms with Gasteiger partial charge in [-0.25, -0.2) is 0 Å². The zero-order chi connectivity index (χ0) is 11.2. The van der Waals surface area contributed by atoms with Crippen LogP contribution in [0.1, 0.15) is 49.7 Å². The van der Waals surface area contributed by atoms with E-state index < -0.39 is 0 Å². The van der Waals surface area contributed by atoms with E-state index in [0.717, 1.165) is 5.92 Å². The van der Waals surface area contributed by atoms with Crippen molar-refractivity contribution >= 4 is 6.08 Å². The van der Waals surface area contributed by atoms with E-state index in [-0.39, 0.29) is 0 Å². The second-order valence-electron chi connectivity index (χ2n) is 5.00. The second-order valence-corrected chi connectivity index (χ2v) is 5.00. The molecule has 1 aliphatic rings. The Kier molecular flexibility index (Phi) is 4.21. The molecule has 1 aromatic rings. The first-order chi connectivity index (χ1) is 7.86. The van der Waals surface area contributed by atoms with Crippen LogP contribution in [0, 0.1) is 12.8 Å². The fourth-order valence-corrected chi connectivity index (χ4v) is 2.58. The fraction of sp³-hybridized carbons (Fsp3) is 0.500. The molecule has 0 atom stereocenters. The van der Waals surface area contributed by atoms with Crippen molar-refractivity contribution in [3.8, 4) is 0 Å². The molecule has 0 N–H and O–H groups in total. The van der Waals surface area contributed by atoms with Crippen LogP contribution in [0.4, 0.5) is 0 Å². The maximum Gasteiger partial charge on any atom is -0.0231 e. The summed E-state index contributed by atoms with van der Waals surface area (Å²) in [5.41, 5.74) is 2.75. The first-order valence-corrected chi connectivity index (χ1v) is 6.58. The number of allylic oxidation sites excluding steroid dienone is 1. The maximum atomic E-state index is 2.37. The number of hydrogen-bond donors (Lipinski definition) is 0. The van der Waals surface area contributed by atoms with Gasteiger partial charge in [-0.15, -0.1) is 0 Å². The summed E-state index contributed by atoms with van der Waals surface area (Å²) in [6, 6.07) is 8.61. The monoisotopic (exact) mass is 214 g/mol. The number of aryl methyl sites for hydroxylation is 1. The number of hydrogen-bond acceptors (Lipinski definition) is 0. The van der Waals surface area contributed by atoms with Crippen molar-refractivity contribution < 1.29 is 0 Å². The van der Waals surface area contributed by atoms with Gasteiger partial charge in [0.2, 0.25) is 0 Å². The zero-order valence-electron chi connectivity index (χ0n) is 10.3. The minimum Gasteiger partial charge on any atom is -0.0837 e. The lowest BCUT2D eigenvalue weighted by atomic mass is 9.87. The second kappa shape index (κ2) is 5.89. The first-order valence-electron chi connectivity index (χ1n) is 6.58. The van der Waals surface area contributed by atoms with Crippen LogP contribution in [0.3, 0.4) is 0 Å². The molecule has 0 nitrogen and oxygen atoms in total. The number of benzene rings is 1. The van der Waals surface area contributed by atoms with Gasteiger partial charge in [0.1, 0.15) is 0 Å². The van der Waals surface area contributed by atoms with Crippen molar-refractivity contribution in [3.05, 3.63) is 41.5 Å². The molecule has 0 spiro atoms. The largest absolute Gasteiger partial charge is 0.0837 e. The van der Waals surface area contributed by atoms with Crippen LogP contribution in [-0.2, 0) is 0 Å². The van der Waals surface area contributed by atoms with Gasteiger partial charge in [-0.1, -0.05) is 68.5 Å². The minimum absolute atomic E-state index is 0.953. The summed E-state index contributed by atoms with van der Waals surface area (Å²) >= 11 is 0. The van der Waals surface area contributed by atoms with Crippen LogP contribution in [-0.4, -0.2) is 0 Å². The molecule has 2 rings (SSSR count). The molecule has 0 aromatic heterocycles. The SMILES string of the molecule is Cc1ccccc1C=CCC1CCCCC1. The van der Waals surface area contributed by atoms with Crippen LogP contribution >= 0.6 is 0 Å². The topological polar surface area (TPSA) is 0 Å². The summed E-state index contributed by atoms with van der Waals surface area (Å²) in [6.07, 6.45) is 13.2. The lowest BCUT2D eigenvalue weighted by Gasteiger charge is -2.19. The Labute approximate surface area is 99.4 Å². The predicted molar refractivity (Wildman–Crippen MR) is 71.4 cm³/mol. The van der Waals surface area contributed by atoms with E-state index in [1.807, 2.05) is 0 Å². The molecule has 16 heavy (non-hydrogen) atoms. The summed E-state index contributed by atoms with van der Waals surface area (Å²) in [5.74, 6) is 0.953. The van der Waals surface area contributed by atoms with Crippen molar-refractivity contribution in [2.45, 2.75) is 45.4 Å². The zero-order valence-corrected chi connectivity index (χ0v) is 10.3. The van der Waals surface area contributed by atoms with Crippen molar-refractivity contribution in [2.75, 3.05) is 0 Å². The highest BCUT2D eigenvalue weighted by atomic mass is 14.2. The summed E-state index contributed by atoms with van der Waals surface area (Å²) in [6.45, 7) is 2.18.